The maximum atomic E-state index is 13.4. The lowest BCUT2D eigenvalue weighted by atomic mass is 9.96. The number of rotatable bonds is 6. The number of amides is 2. The van der Waals surface area contributed by atoms with E-state index in [0.717, 1.165) is 24.6 Å². The van der Waals surface area contributed by atoms with Gasteiger partial charge >= 0.3 is 0 Å². The molecule has 1 aromatic carbocycles. The van der Waals surface area contributed by atoms with Crippen molar-refractivity contribution in [2.24, 2.45) is 0 Å². The lowest BCUT2D eigenvalue weighted by molar-refractivity contribution is -0.126. The summed E-state index contributed by atoms with van der Waals surface area (Å²) >= 11 is 2.77. The quantitative estimate of drug-likeness (QED) is 0.655. The number of carbonyl (C=O) groups is 2. The number of thioether (sulfide) groups is 1. The molecule has 1 fully saturated rings. The molecule has 0 unspecified atom stereocenters. The van der Waals surface area contributed by atoms with E-state index in [4.69, 9.17) is 4.74 Å². The van der Waals surface area contributed by atoms with Crippen LogP contribution in [0.25, 0.3) is 0 Å². The molecule has 8 nitrogen and oxygen atoms in total. The zero-order valence-corrected chi connectivity index (χ0v) is 18.8. The van der Waals surface area contributed by atoms with Gasteiger partial charge in [0.15, 0.2) is 4.34 Å². The van der Waals surface area contributed by atoms with Gasteiger partial charge in [0, 0.05) is 13.2 Å². The first-order chi connectivity index (χ1) is 14.4. The van der Waals surface area contributed by atoms with Gasteiger partial charge < -0.3 is 15.4 Å². The molecule has 0 bridgehead atoms. The zero-order chi connectivity index (χ0) is 21.3. The van der Waals surface area contributed by atoms with Crippen LogP contribution < -0.4 is 15.5 Å². The highest BCUT2D eigenvalue weighted by Crippen LogP contribution is 2.39. The number of para-hydroxylation sites is 2. The van der Waals surface area contributed by atoms with Crippen molar-refractivity contribution in [3.8, 4) is 0 Å². The van der Waals surface area contributed by atoms with Crippen LogP contribution in [0.1, 0.15) is 33.6 Å². The Labute approximate surface area is 183 Å². The number of carbonyl (C=O) groups excluding carboxylic acids is 2. The highest BCUT2D eigenvalue weighted by atomic mass is 32.2. The summed E-state index contributed by atoms with van der Waals surface area (Å²) in [6.07, 6.45) is 2.37. The average molecular weight is 448 g/mol. The third kappa shape index (κ3) is 4.17. The number of fused-ring (bicyclic) bond motifs is 1. The van der Waals surface area contributed by atoms with Gasteiger partial charge in [-0.05, 0) is 45.7 Å². The smallest absolute Gasteiger partial charge is 0.250 e. The Kier molecular flexibility index (Phi) is 5.99. The van der Waals surface area contributed by atoms with E-state index in [2.05, 4.69) is 20.8 Å². The normalized spacial score (nSPS) is 21.1. The van der Waals surface area contributed by atoms with Crippen molar-refractivity contribution in [1.29, 1.82) is 0 Å². The van der Waals surface area contributed by atoms with E-state index >= 15 is 0 Å². The first-order valence-electron chi connectivity index (χ1n) is 9.96. The van der Waals surface area contributed by atoms with Crippen LogP contribution in [0.4, 0.5) is 16.5 Å². The monoisotopic (exact) mass is 447 g/mol. The molecule has 2 aliphatic heterocycles. The van der Waals surface area contributed by atoms with Crippen LogP contribution in [0, 0.1) is 0 Å². The van der Waals surface area contributed by atoms with Gasteiger partial charge in [0.1, 0.15) is 5.54 Å². The molecule has 0 saturated carbocycles. The molecule has 2 aromatic rings. The molecule has 1 saturated heterocycles. The molecule has 2 amide bonds. The first-order valence-corrected chi connectivity index (χ1v) is 11.7. The van der Waals surface area contributed by atoms with Crippen LogP contribution in [-0.4, -0.2) is 52.1 Å². The second-order valence-corrected chi connectivity index (χ2v) is 10.4. The van der Waals surface area contributed by atoms with E-state index in [0.29, 0.717) is 22.3 Å². The molecule has 2 N–H and O–H groups in total. The fraction of sp³-hybridized carbons (Fsp3) is 0.500. The summed E-state index contributed by atoms with van der Waals surface area (Å²) < 4.78 is 6.31. The maximum Gasteiger partial charge on any atom is 0.250 e. The van der Waals surface area contributed by atoms with Crippen LogP contribution in [-0.2, 0) is 14.3 Å². The molecular weight excluding hydrogens is 422 g/mol. The first kappa shape index (κ1) is 21.1. The number of hydrogen-bond donors (Lipinski definition) is 2. The van der Waals surface area contributed by atoms with Gasteiger partial charge in [-0.25, -0.2) is 0 Å². The number of aromatic nitrogens is 2. The van der Waals surface area contributed by atoms with Crippen molar-refractivity contribution < 1.29 is 14.3 Å². The summed E-state index contributed by atoms with van der Waals surface area (Å²) in [4.78, 5) is 27.6. The molecule has 3 heterocycles. The average Bonchev–Trinajstić information content (AvgIpc) is 3.38. The minimum absolute atomic E-state index is 0.142. The lowest BCUT2D eigenvalue weighted by Gasteiger charge is -2.42. The summed E-state index contributed by atoms with van der Waals surface area (Å²) in [6.45, 7) is 6.87. The molecule has 0 aliphatic carbocycles. The van der Waals surface area contributed by atoms with Gasteiger partial charge in [-0.15, -0.1) is 10.2 Å². The van der Waals surface area contributed by atoms with E-state index in [9.17, 15) is 9.59 Å². The van der Waals surface area contributed by atoms with Gasteiger partial charge in [0.25, 0.3) is 0 Å². The van der Waals surface area contributed by atoms with Crippen molar-refractivity contribution in [1.82, 2.24) is 10.2 Å². The van der Waals surface area contributed by atoms with Crippen molar-refractivity contribution in [2.75, 3.05) is 28.7 Å². The SMILES string of the molecule is C[C@H](Sc1nnc(NC[C@@H]2CCCO2)s1)C(=O)N1c2ccccc2NC(=O)C1(C)C. The Hall–Kier alpha value is -2.17. The molecule has 10 heteroatoms. The van der Waals surface area contributed by atoms with Gasteiger partial charge in [-0.2, -0.15) is 0 Å². The van der Waals surface area contributed by atoms with Crippen LogP contribution in [0.15, 0.2) is 28.6 Å². The Bertz CT molecular complexity index is 942. The third-order valence-electron chi connectivity index (χ3n) is 5.26. The van der Waals surface area contributed by atoms with E-state index < -0.39 is 10.8 Å². The summed E-state index contributed by atoms with van der Waals surface area (Å²) in [5.41, 5.74) is 0.356. The number of ether oxygens (including phenoxy) is 1. The molecular formula is C20H25N5O3S2. The second-order valence-electron chi connectivity index (χ2n) is 7.85. The van der Waals surface area contributed by atoms with Crippen molar-refractivity contribution >= 4 is 51.4 Å². The van der Waals surface area contributed by atoms with Crippen molar-refractivity contribution in [3.05, 3.63) is 24.3 Å². The van der Waals surface area contributed by atoms with Crippen LogP contribution in [0.3, 0.4) is 0 Å². The largest absolute Gasteiger partial charge is 0.376 e. The van der Waals surface area contributed by atoms with E-state index in [1.807, 2.05) is 25.1 Å². The number of nitrogens with zero attached hydrogens (tertiary/aromatic N) is 3. The van der Waals surface area contributed by atoms with Gasteiger partial charge in [0.05, 0.1) is 22.7 Å². The number of hydrogen-bond acceptors (Lipinski definition) is 8. The summed E-state index contributed by atoms with van der Waals surface area (Å²) in [5.74, 6) is -0.348. The molecule has 0 radical (unpaired) electrons. The van der Waals surface area contributed by atoms with Crippen LogP contribution in [0.2, 0.25) is 0 Å². The summed E-state index contributed by atoms with van der Waals surface area (Å²) in [5, 5.41) is 14.8. The Morgan fingerprint density at radius 2 is 2.23 bits per heavy atom. The molecule has 4 rings (SSSR count). The number of benzene rings is 1. The Morgan fingerprint density at radius 1 is 1.43 bits per heavy atom. The standard InChI is InChI=1S/C20H25N5O3S2/c1-12(29-19-24-23-18(30-19)21-11-13-7-6-10-28-13)16(26)25-15-9-5-4-8-14(15)22-17(27)20(25,2)3/h4-5,8-9,12-13H,6-7,10-11H2,1-3H3,(H,21,23)(H,22,27)/t12-,13-/m0/s1. The number of anilines is 3. The molecule has 2 aliphatic rings. The van der Waals surface area contributed by atoms with E-state index in [1.54, 1.807) is 24.8 Å². The van der Waals surface area contributed by atoms with Crippen LogP contribution in [0.5, 0.6) is 0 Å². The van der Waals surface area contributed by atoms with Gasteiger partial charge in [0.2, 0.25) is 16.9 Å². The van der Waals surface area contributed by atoms with Gasteiger partial charge in [-0.1, -0.05) is 35.2 Å². The second kappa shape index (κ2) is 8.52. The Balaban J connectivity index is 1.45. The fourth-order valence-electron chi connectivity index (χ4n) is 3.57. The van der Waals surface area contributed by atoms with Crippen LogP contribution >= 0.6 is 23.1 Å². The number of nitrogens with one attached hydrogen (secondary N) is 2. The van der Waals surface area contributed by atoms with E-state index in [1.165, 1.54) is 23.1 Å². The minimum Gasteiger partial charge on any atom is -0.376 e. The molecule has 0 spiro atoms. The zero-order valence-electron chi connectivity index (χ0n) is 17.2. The fourth-order valence-corrected chi connectivity index (χ4v) is 5.51. The minimum atomic E-state index is -0.991. The topological polar surface area (TPSA) is 96.5 Å². The van der Waals surface area contributed by atoms with E-state index in [-0.39, 0.29) is 17.9 Å². The van der Waals surface area contributed by atoms with Crippen molar-refractivity contribution in [2.45, 2.75) is 54.8 Å². The molecule has 2 atom stereocenters. The predicted octanol–water partition coefficient (Wildman–Crippen LogP) is 3.37. The third-order valence-corrected chi connectivity index (χ3v) is 7.32. The molecule has 160 valence electrons. The molecule has 30 heavy (non-hydrogen) atoms. The van der Waals surface area contributed by atoms with Crippen molar-refractivity contribution in [3.63, 3.8) is 0 Å². The highest BCUT2D eigenvalue weighted by molar-refractivity contribution is 8.02. The summed E-state index contributed by atoms with van der Waals surface area (Å²) in [7, 11) is 0. The van der Waals surface area contributed by atoms with Gasteiger partial charge in [-0.3, -0.25) is 14.5 Å². The summed E-state index contributed by atoms with van der Waals surface area (Å²) in [6, 6.07) is 7.35. The Morgan fingerprint density at radius 3 is 3.00 bits per heavy atom. The highest BCUT2D eigenvalue weighted by Gasteiger charge is 2.44. The predicted molar refractivity (Wildman–Crippen MR) is 119 cm³/mol. The lowest BCUT2D eigenvalue weighted by Crippen LogP contribution is -2.60. The maximum absolute atomic E-state index is 13.4. The molecule has 1 aromatic heterocycles.